The molecule has 0 aliphatic heterocycles. The fourth-order valence-electron chi connectivity index (χ4n) is 7.89. The Labute approximate surface area is 350 Å². The van der Waals surface area contributed by atoms with Crippen LogP contribution in [0.15, 0.2) is 24.3 Å². The van der Waals surface area contributed by atoms with Gasteiger partial charge in [0.1, 0.15) is 6.10 Å². The number of allylic oxidation sites excluding steroid dienone is 4. The normalized spacial score (nSPS) is 13.6. The average Bonchev–Trinajstić information content (AvgIpc) is 3.20. The van der Waals surface area contributed by atoms with Crippen LogP contribution in [-0.2, 0) is 4.79 Å². The largest absolute Gasteiger partial charge is 0.394 e. The van der Waals surface area contributed by atoms with E-state index in [2.05, 4.69) is 43.5 Å². The summed E-state index contributed by atoms with van der Waals surface area (Å²) in [6.45, 7) is 4.17. The van der Waals surface area contributed by atoms with Crippen molar-refractivity contribution in [1.82, 2.24) is 5.32 Å². The summed E-state index contributed by atoms with van der Waals surface area (Å²) in [6.07, 6.45) is 57.5. The second kappa shape index (κ2) is 46.5. The minimum absolute atomic E-state index is 0.154. The molecular weight excluding hydrogens is 691 g/mol. The minimum atomic E-state index is -1.16. The number of unbranched alkanes of at least 4 members (excludes halogenated alkanes) is 34. The Bertz CT molecular complexity index is 829. The van der Waals surface area contributed by atoms with E-state index in [1.165, 1.54) is 199 Å². The number of carbonyl (C=O) groups is 1. The summed E-state index contributed by atoms with van der Waals surface area (Å²) in [5, 5.41) is 33.6. The smallest absolute Gasteiger partial charge is 0.220 e. The zero-order valence-electron chi connectivity index (χ0n) is 37.8. The number of aliphatic hydroxyl groups excluding tert-OH is 3. The molecule has 0 saturated heterocycles. The fourth-order valence-corrected chi connectivity index (χ4v) is 7.89. The van der Waals surface area contributed by atoms with Crippen LogP contribution in [0, 0.1) is 0 Å². The lowest BCUT2D eigenvalue weighted by Gasteiger charge is -2.26. The summed E-state index contributed by atoms with van der Waals surface area (Å²) in [5.41, 5.74) is 0. The van der Waals surface area contributed by atoms with Gasteiger partial charge < -0.3 is 20.6 Å². The van der Waals surface area contributed by atoms with E-state index >= 15 is 0 Å². The first-order valence-corrected chi connectivity index (χ1v) is 25.1. The predicted octanol–water partition coefficient (Wildman–Crippen LogP) is 14.9. The number of nitrogens with one attached hydrogen (secondary N) is 1. The molecule has 0 aliphatic carbocycles. The van der Waals surface area contributed by atoms with Gasteiger partial charge in [-0.15, -0.1) is 0 Å². The van der Waals surface area contributed by atoms with Gasteiger partial charge in [0.15, 0.2) is 0 Å². The highest BCUT2D eigenvalue weighted by molar-refractivity contribution is 5.76. The molecule has 3 atom stereocenters. The summed E-state index contributed by atoms with van der Waals surface area (Å²) in [5.74, 6) is -0.154. The zero-order chi connectivity index (χ0) is 40.8. The van der Waals surface area contributed by atoms with E-state index in [-0.39, 0.29) is 12.5 Å². The van der Waals surface area contributed by atoms with Gasteiger partial charge in [0.05, 0.1) is 18.8 Å². The molecule has 0 radical (unpaired) electrons. The maximum atomic E-state index is 12.5. The van der Waals surface area contributed by atoms with Crippen molar-refractivity contribution in [1.29, 1.82) is 0 Å². The van der Waals surface area contributed by atoms with Crippen molar-refractivity contribution in [2.24, 2.45) is 0 Å². The van der Waals surface area contributed by atoms with E-state index in [0.29, 0.717) is 12.8 Å². The molecular formula is C51H99NO4. The minimum Gasteiger partial charge on any atom is -0.394 e. The molecule has 0 aromatic rings. The van der Waals surface area contributed by atoms with Crippen LogP contribution in [0.2, 0.25) is 0 Å². The first-order valence-electron chi connectivity index (χ1n) is 25.1. The van der Waals surface area contributed by atoms with Crippen LogP contribution in [0.5, 0.6) is 0 Å². The molecule has 0 heterocycles. The van der Waals surface area contributed by atoms with Crippen LogP contribution in [0.1, 0.15) is 271 Å². The zero-order valence-corrected chi connectivity index (χ0v) is 37.8. The summed E-state index contributed by atoms with van der Waals surface area (Å²) in [6, 6.07) is -0.829. The highest BCUT2D eigenvalue weighted by Gasteiger charge is 2.26. The highest BCUT2D eigenvalue weighted by atomic mass is 16.3. The molecule has 3 unspecified atom stereocenters. The molecule has 56 heavy (non-hydrogen) atoms. The lowest BCUT2D eigenvalue weighted by atomic mass is 10.0. The van der Waals surface area contributed by atoms with Gasteiger partial charge >= 0.3 is 0 Å². The van der Waals surface area contributed by atoms with Crippen LogP contribution < -0.4 is 5.32 Å². The number of amides is 1. The number of rotatable bonds is 46. The molecule has 0 fully saturated rings. The summed E-state index contributed by atoms with van der Waals surface area (Å²) >= 11 is 0. The molecule has 0 bridgehead atoms. The van der Waals surface area contributed by atoms with Gasteiger partial charge in [0, 0.05) is 6.42 Å². The monoisotopic (exact) mass is 790 g/mol. The molecule has 0 aromatic carbocycles. The van der Waals surface area contributed by atoms with Crippen LogP contribution in [0.4, 0.5) is 0 Å². The summed E-state index contributed by atoms with van der Waals surface area (Å²) in [7, 11) is 0. The second-order valence-electron chi connectivity index (χ2n) is 17.4. The molecule has 0 aromatic heterocycles. The third kappa shape index (κ3) is 41.0. The first-order chi connectivity index (χ1) is 27.6. The molecule has 0 spiro atoms. The number of hydrogen-bond acceptors (Lipinski definition) is 4. The predicted molar refractivity (Wildman–Crippen MR) is 245 cm³/mol. The van der Waals surface area contributed by atoms with Gasteiger partial charge in [0.2, 0.25) is 5.91 Å². The molecule has 0 rings (SSSR count). The molecule has 1 amide bonds. The van der Waals surface area contributed by atoms with Gasteiger partial charge in [-0.2, -0.15) is 0 Å². The van der Waals surface area contributed by atoms with E-state index in [0.717, 1.165) is 44.9 Å². The Kier molecular flexibility index (Phi) is 45.5. The van der Waals surface area contributed by atoms with Crippen molar-refractivity contribution in [2.75, 3.05) is 6.61 Å². The van der Waals surface area contributed by atoms with E-state index in [1.807, 2.05) is 0 Å². The average molecular weight is 790 g/mol. The maximum Gasteiger partial charge on any atom is 0.220 e. The van der Waals surface area contributed by atoms with Gasteiger partial charge in [-0.3, -0.25) is 4.79 Å². The molecule has 0 saturated carbocycles. The topological polar surface area (TPSA) is 89.8 Å². The second-order valence-corrected chi connectivity index (χ2v) is 17.4. The number of hydrogen-bond donors (Lipinski definition) is 4. The molecule has 5 nitrogen and oxygen atoms in total. The van der Waals surface area contributed by atoms with Crippen molar-refractivity contribution in [3.63, 3.8) is 0 Å². The van der Waals surface area contributed by atoms with Crippen molar-refractivity contribution in [3.8, 4) is 0 Å². The lowest BCUT2D eigenvalue weighted by molar-refractivity contribution is -0.124. The van der Waals surface area contributed by atoms with Crippen molar-refractivity contribution < 1.29 is 20.1 Å². The third-order valence-electron chi connectivity index (χ3n) is 11.8. The van der Waals surface area contributed by atoms with Crippen molar-refractivity contribution in [3.05, 3.63) is 24.3 Å². The van der Waals surface area contributed by atoms with E-state index in [4.69, 9.17) is 0 Å². The fraction of sp³-hybridized carbons (Fsp3) is 0.902. The number of carbonyl (C=O) groups excluding carboxylic acids is 1. The molecule has 4 N–H and O–H groups in total. The van der Waals surface area contributed by atoms with Crippen molar-refractivity contribution in [2.45, 2.75) is 289 Å². The Morgan fingerprint density at radius 3 is 1.09 bits per heavy atom. The van der Waals surface area contributed by atoms with Gasteiger partial charge in [-0.1, -0.05) is 237 Å². The summed E-state index contributed by atoms with van der Waals surface area (Å²) < 4.78 is 0. The van der Waals surface area contributed by atoms with Gasteiger partial charge in [0.25, 0.3) is 0 Å². The Morgan fingerprint density at radius 1 is 0.429 bits per heavy atom. The maximum absolute atomic E-state index is 12.5. The summed E-state index contributed by atoms with van der Waals surface area (Å²) in [4.78, 5) is 12.5. The van der Waals surface area contributed by atoms with Crippen LogP contribution >= 0.6 is 0 Å². The molecule has 5 heteroatoms. The standard InChI is InChI=1S/C51H99NO4/c1-3-5-7-9-11-13-15-17-19-20-21-22-23-24-25-26-27-28-29-30-32-34-36-38-40-42-44-46-50(55)52-48(47-53)51(56)49(54)45-43-41-39-37-35-33-31-18-16-14-12-10-8-6-4-2/h18,31,37,39,48-49,51,53-54,56H,3-17,19-30,32-36,38,40-47H2,1-2H3,(H,52,55)/b31-18+,39-37+. The Morgan fingerprint density at radius 2 is 0.732 bits per heavy atom. The van der Waals surface area contributed by atoms with Crippen LogP contribution in [-0.4, -0.2) is 46.1 Å². The molecule has 332 valence electrons. The van der Waals surface area contributed by atoms with Gasteiger partial charge in [-0.25, -0.2) is 0 Å². The third-order valence-corrected chi connectivity index (χ3v) is 11.8. The van der Waals surface area contributed by atoms with E-state index in [1.54, 1.807) is 0 Å². The SMILES string of the molecule is CCCCCCCC/C=C/CC/C=C/CCCC(O)C(O)C(CO)NC(=O)CCCCCCCCCCCCCCCCCCCCCCCCCCCCC. The van der Waals surface area contributed by atoms with Gasteiger partial charge in [-0.05, 0) is 51.4 Å². The van der Waals surface area contributed by atoms with E-state index in [9.17, 15) is 20.1 Å². The Hall–Kier alpha value is -1.17. The lowest BCUT2D eigenvalue weighted by Crippen LogP contribution is -2.50. The first kappa shape index (κ1) is 54.8. The van der Waals surface area contributed by atoms with Crippen molar-refractivity contribution >= 4 is 5.91 Å². The van der Waals surface area contributed by atoms with E-state index < -0.39 is 18.2 Å². The van der Waals surface area contributed by atoms with Crippen LogP contribution in [0.25, 0.3) is 0 Å². The molecule has 0 aliphatic rings. The van der Waals surface area contributed by atoms with Crippen LogP contribution in [0.3, 0.4) is 0 Å². The Balaban J connectivity index is 3.55. The number of aliphatic hydroxyl groups is 3. The quantitative estimate of drug-likeness (QED) is 0.0365. The highest BCUT2D eigenvalue weighted by Crippen LogP contribution is 2.17.